The maximum Gasteiger partial charge on any atom is 0.234 e. The zero-order valence-electron chi connectivity index (χ0n) is 15.0. The van der Waals surface area contributed by atoms with Gasteiger partial charge in [0.2, 0.25) is 11.1 Å². The van der Waals surface area contributed by atoms with Crippen LogP contribution in [0.5, 0.6) is 0 Å². The summed E-state index contributed by atoms with van der Waals surface area (Å²) in [7, 11) is 0. The van der Waals surface area contributed by atoms with Crippen LogP contribution in [0.3, 0.4) is 0 Å². The summed E-state index contributed by atoms with van der Waals surface area (Å²) in [4.78, 5) is 12.1. The van der Waals surface area contributed by atoms with Gasteiger partial charge in [-0.05, 0) is 30.5 Å². The number of rotatable bonds is 7. The highest BCUT2D eigenvalue weighted by molar-refractivity contribution is 7.99. The molecule has 6 nitrogen and oxygen atoms in total. The van der Waals surface area contributed by atoms with Gasteiger partial charge < -0.3 is 11.2 Å². The molecule has 0 aliphatic heterocycles. The molecule has 9 heteroatoms. The molecular formula is C18H23ClFN5OS. The average molecular weight is 412 g/mol. The summed E-state index contributed by atoms with van der Waals surface area (Å²) in [5.74, 6) is 6.67. The van der Waals surface area contributed by atoms with E-state index in [-0.39, 0.29) is 17.3 Å². The Morgan fingerprint density at radius 2 is 2.11 bits per heavy atom. The molecule has 1 aliphatic carbocycles. The largest absolute Gasteiger partial charge is 0.336 e. The van der Waals surface area contributed by atoms with E-state index in [0.29, 0.717) is 10.2 Å². The van der Waals surface area contributed by atoms with Crippen LogP contribution in [0.1, 0.15) is 44.3 Å². The molecule has 1 amide bonds. The van der Waals surface area contributed by atoms with Crippen LogP contribution in [0.15, 0.2) is 23.4 Å². The number of hydrogen-bond acceptors (Lipinski definition) is 5. The highest BCUT2D eigenvalue weighted by atomic mass is 35.5. The van der Waals surface area contributed by atoms with Gasteiger partial charge in [0, 0.05) is 11.4 Å². The molecule has 3 N–H and O–H groups in total. The fourth-order valence-electron chi connectivity index (χ4n) is 3.29. The maximum atomic E-state index is 13.7. The first-order chi connectivity index (χ1) is 13.0. The van der Waals surface area contributed by atoms with E-state index in [2.05, 4.69) is 15.5 Å². The van der Waals surface area contributed by atoms with Gasteiger partial charge >= 0.3 is 0 Å². The van der Waals surface area contributed by atoms with Crippen LogP contribution in [0.4, 0.5) is 10.1 Å². The number of aryl methyl sites for hydroxylation is 1. The Morgan fingerprint density at radius 3 is 2.89 bits per heavy atom. The lowest BCUT2D eigenvalue weighted by Crippen LogP contribution is -2.18. The van der Waals surface area contributed by atoms with Crippen molar-refractivity contribution in [2.24, 2.45) is 5.92 Å². The lowest BCUT2D eigenvalue weighted by molar-refractivity contribution is -0.113. The van der Waals surface area contributed by atoms with Gasteiger partial charge in [0.15, 0.2) is 5.82 Å². The molecule has 27 heavy (non-hydrogen) atoms. The van der Waals surface area contributed by atoms with E-state index in [9.17, 15) is 9.18 Å². The van der Waals surface area contributed by atoms with Crippen LogP contribution < -0.4 is 11.2 Å². The van der Waals surface area contributed by atoms with Crippen molar-refractivity contribution in [1.29, 1.82) is 0 Å². The van der Waals surface area contributed by atoms with Crippen LogP contribution in [0.25, 0.3) is 0 Å². The lowest BCUT2D eigenvalue weighted by atomic mass is 9.86. The monoisotopic (exact) mass is 411 g/mol. The van der Waals surface area contributed by atoms with Crippen molar-refractivity contribution in [2.75, 3.05) is 16.9 Å². The molecule has 0 spiro atoms. The smallest absolute Gasteiger partial charge is 0.234 e. The number of nitrogens with one attached hydrogen (secondary N) is 1. The van der Waals surface area contributed by atoms with E-state index < -0.39 is 5.82 Å². The number of amides is 1. The van der Waals surface area contributed by atoms with E-state index in [1.165, 1.54) is 55.0 Å². The Morgan fingerprint density at radius 1 is 1.33 bits per heavy atom. The van der Waals surface area contributed by atoms with E-state index in [0.717, 1.165) is 36.3 Å². The number of nitrogens with zero attached hydrogens (tertiary/aromatic N) is 3. The maximum absolute atomic E-state index is 13.7. The molecule has 1 fully saturated rings. The number of hydrogen-bond donors (Lipinski definition) is 2. The second kappa shape index (κ2) is 9.41. The van der Waals surface area contributed by atoms with Crippen molar-refractivity contribution < 1.29 is 9.18 Å². The fourth-order valence-corrected chi connectivity index (χ4v) is 4.14. The zero-order chi connectivity index (χ0) is 19.2. The number of carbonyl (C=O) groups is 1. The van der Waals surface area contributed by atoms with Crippen molar-refractivity contribution in [3.05, 3.63) is 34.9 Å². The number of anilines is 1. The third-order valence-electron chi connectivity index (χ3n) is 4.77. The first-order valence-corrected chi connectivity index (χ1v) is 10.5. The Labute approximate surface area is 167 Å². The Balaban J connectivity index is 1.49. The van der Waals surface area contributed by atoms with Gasteiger partial charge in [-0.25, -0.2) is 9.07 Å². The first kappa shape index (κ1) is 19.9. The van der Waals surface area contributed by atoms with Crippen molar-refractivity contribution in [3.8, 4) is 0 Å². The molecule has 1 heterocycles. The minimum absolute atomic E-state index is 0.0455. The Hall–Kier alpha value is -1.80. The second-order valence-corrected chi connectivity index (χ2v) is 8.15. The molecule has 146 valence electrons. The molecule has 1 aromatic carbocycles. The summed E-state index contributed by atoms with van der Waals surface area (Å²) in [5, 5.41) is 11.5. The number of aromatic nitrogens is 3. The van der Waals surface area contributed by atoms with Gasteiger partial charge in [0.05, 0.1) is 11.4 Å². The molecule has 1 saturated carbocycles. The molecule has 0 bridgehead atoms. The quantitative estimate of drug-likeness (QED) is 0.530. The van der Waals surface area contributed by atoms with E-state index >= 15 is 0 Å². The Kier molecular flexibility index (Phi) is 6.95. The lowest BCUT2D eigenvalue weighted by Gasteiger charge is -2.20. The average Bonchev–Trinajstić information content (AvgIpc) is 3.02. The molecule has 3 rings (SSSR count). The molecule has 0 atom stereocenters. The highest BCUT2D eigenvalue weighted by Crippen LogP contribution is 2.27. The summed E-state index contributed by atoms with van der Waals surface area (Å²) in [6, 6.07) is 4.00. The fraction of sp³-hybridized carbons (Fsp3) is 0.500. The number of carbonyl (C=O) groups excluding carboxylic acids is 1. The highest BCUT2D eigenvalue weighted by Gasteiger charge is 2.17. The number of nitrogen functional groups attached to an aromatic ring is 1. The third kappa shape index (κ3) is 5.59. The predicted octanol–water partition coefficient (Wildman–Crippen LogP) is 4.03. The number of benzene rings is 1. The van der Waals surface area contributed by atoms with Crippen molar-refractivity contribution >= 4 is 35.0 Å². The van der Waals surface area contributed by atoms with Crippen LogP contribution in [0, 0.1) is 11.7 Å². The van der Waals surface area contributed by atoms with Crippen molar-refractivity contribution in [1.82, 2.24) is 14.9 Å². The summed E-state index contributed by atoms with van der Waals surface area (Å²) in [6.45, 7) is 0. The van der Waals surface area contributed by atoms with Crippen LogP contribution in [-0.2, 0) is 11.2 Å². The third-order valence-corrected chi connectivity index (χ3v) is 5.95. The van der Waals surface area contributed by atoms with E-state index in [4.69, 9.17) is 17.4 Å². The predicted molar refractivity (Wildman–Crippen MR) is 106 cm³/mol. The standard InChI is InChI=1S/C18H23ClFN5OS/c19-13-7-8-14(20)15(10-13)22-17(26)11-27-18-24-23-16(25(18)21)9-6-12-4-2-1-3-5-12/h7-8,10,12H,1-6,9,11,21H2,(H,22,26). The second-order valence-electron chi connectivity index (χ2n) is 6.77. The van der Waals surface area contributed by atoms with Crippen LogP contribution >= 0.6 is 23.4 Å². The summed E-state index contributed by atoms with van der Waals surface area (Å²) < 4.78 is 15.1. The first-order valence-electron chi connectivity index (χ1n) is 9.10. The summed E-state index contributed by atoms with van der Waals surface area (Å²) in [5.41, 5.74) is 0.0514. The molecule has 1 aromatic heterocycles. The molecule has 0 saturated heterocycles. The number of nitrogens with two attached hydrogens (primary N) is 1. The van der Waals surface area contributed by atoms with E-state index in [1.807, 2.05) is 0 Å². The summed E-state index contributed by atoms with van der Waals surface area (Å²) >= 11 is 6.98. The molecule has 0 radical (unpaired) electrons. The van der Waals surface area contributed by atoms with E-state index in [1.54, 1.807) is 0 Å². The van der Waals surface area contributed by atoms with Gasteiger partial charge in [-0.3, -0.25) is 4.79 Å². The van der Waals surface area contributed by atoms with Gasteiger partial charge in [-0.15, -0.1) is 10.2 Å². The van der Waals surface area contributed by atoms with Crippen LogP contribution in [-0.4, -0.2) is 26.5 Å². The van der Waals surface area contributed by atoms with Crippen LogP contribution in [0.2, 0.25) is 5.02 Å². The number of thioether (sulfide) groups is 1. The molecule has 0 unspecified atom stereocenters. The molecular weight excluding hydrogens is 389 g/mol. The number of halogens is 2. The van der Waals surface area contributed by atoms with Gasteiger partial charge in [-0.2, -0.15) is 0 Å². The SMILES string of the molecule is Nn1c(CCC2CCCCC2)nnc1SCC(=O)Nc1cc(Cl)ccc1F. The Bertz CT molecular complexity index is 794. The van der Waals surface area contributed by atoms with Gasteiger partial charge in [-0.1, -0.05) is 55.5 Å². The minimum atomic E-state index is -0.537. The minimum Gasteiger partial charge on any atom is -0.336 e. The van der Waals surface area contributed by atoms with Gasteiger partial charge in [0.1, 0.15) is 5.82 Å². The topological polar surface area (TPSA) is 85.8 Å². The van der Waals surface area contributed by atoms with Crippen molar-refractivity contribution in [2.45, 2.75) is 50.1 Å². The van der Waals surface area contributed by atoms with Gasteiger partial charge in [0.25, 0.3) is 0 Å². The normalized spacial score (nSPS) is 15.0. The van der Waals surface area contributed by atoms with Crippen molar-refractivity contribution in [3.63, 3.8) is 0 Å². The zero-order valence-corrected chi connectivity index (χ0v) is 16.5. The summed E-state index contributed by atoms with van der Waals surface area (Å²) in [6.07, 6.45) is 8.36. The molecule has 1 aliphatic rings. The molecule has 2 aromatic rings.